The third kappa shape index (κ3) is 1.93. The van der Waals surface area contributed by atoms with Gasteiger partial charge in [-0.05, 0) is 7.05 Å². The van der Waals surface area contributed by atoms with Gasteiger partial charge in [-0.2, -0.15) is 0 Å². The van der Waals surface area contributed by atoms with Crippen molar-refractivity contribution in [2.45, 2.75) is 6.42 Å². The smallest absolute Gasteiger partial charge is 0.134 e. The Kier molecular flexibility index (Phi) is 1.75. The van der Waals surface area contributed by atoms with Gasteiger partial charge in [0.05, 0.1) is 13.6 Å². The standard InChI is InChI=1S/C6H14N2O/c1-7-4-3-5-8(2,9)6-7/h3-6H2,1-2H3. The van der Waals surface area contributed by atoms with E-state index in [-0.39, 0.29) is 4.65 Å². The van der Waals surface area contributed by atoms with Crippen LogP contribution in [0.1, 0.15) is 6.42 Å². The summed E-state index contributed by atoms with van der Waals surface area (Å²) in [6.07, 6.45) is 1.04. The Morgan fingerprint density at radius 2 is 2.22 bits per heavy atom. The minimum atomic E-state index is -0.0868. The zero-order valence-corrected chi connectivity index (χ0v) is 6.13. The molecule has 0 N–H and O–H groups in total. The third-order valence-corrected chi connectivity index (χ3v) is 1.71. The van der Waals surface area contributed by atoms with Gasteiger partial charge in [-0.3, -0.25) is 4.90 Å². The van der Waals surface area contributed by atoms with Crippen molar-refractivity contribution in [2.24, 2.45) is 0 Å². The molecule has 0 amide bonds. The monoisotopic (exact) mass is 130 g/mol. The summed E-state index contributed by atoms with van der Waals surface area (Å²) >= 11 is 0. The van der Waals surface area contributed by atoms with E-state index in [0.717, 1.165) is 19.5 Å². The Bertz CT molecular complexity index is 103. The summed E-state index contributed by atoms with van der Waals surface area (Å²) in [5.41, 5.74) is 0. The van der Waals surface area contributed by atoms with E-state index in [4.69, 9.17) is 0 Å². The first kappa shape index (κ1) is 6.99. The minimum Gasteiger partial charge on any atom is -0.632 e. The van der Waals surface area contributed by atoms with Crippen LogP contribution in [0.15, 0.2) is 0 Å². The number of quaternary nitrogens is 1. The van der Waals surface area contributed by atoms with Crippen LogP contribution in [0.5, 0.6) is 0 Å². The molecule has 0 aromatic rings. The SMILES string of the molecule is CN1CCC[N+](C)([O-])C1. The summed E-state index contributed by atoms with van der Waals surface area (Å²) in [6.45, 7) is 2.51. The van der Waals surface area contributed by atoms with Gasteiger partial charge < -0.3 is 9.85 Å². The largest absolute Gasteiger partial charge is 0.632 e. The number of hydrogen-bond acceptors (Lipinski definition) is 2. The van der Waals surface area contributed by atoms with Crippen molar-refractivity contribution in [2.75, 3.05) is 33.9 Å². The van der Waals surface area contributed by atoms with Gasteiger partial charge in [0.2, 0.25) is 0 Å². The molecule has 1 atom stereocenters. The topological polar surface area (TPSA) is 26.3 Å². The number of hydroxylamine groups is 3. The Morgan fingerprint density at radius 3 is 2.56 bits per heavy atom. The fraction of sp³-hybridized carbons (Fsp3) is 1.00. The molecular formula is C6H14N2O. The van der Waals surface area contributed by atoms with Crippen molar-refractivity contribution in [3.8, 4) is 0 Å². The van der Waals surface area contributed by atoms with Gasteiger partial charge in [-0.1, -0.05) is 0 Å². The molecule has 1 aliphatic rings. The summed E-state index contributed by atoms with van der Waals surface area (Å²) in [6, 6.07) is 0. The van der Waals surface area contributed by atoms with Gasteiger partial charge in [-0.15, -0.1) is 0 Å². The van der Waals surface area contributed by atoms with Gasteiger partial charge in [0.1, 0.15) is 6.67 Å². The van der Waals surface area contributed by atoms with E-state index in [1.165, 1.54) is 0 Å². The number of hydrogen-bond donors (Lipinski definition) is 0. The van der Waals surface area contributed by atoms with Crippen LogP contribution in [-0.2, 0) is 0 Å². The van der Waals surface area contributed by atoms with Crippen molar-refractivity contribution < 1.29 is 4.65 Å². The van der Waals surface area contributed by atoms with Crippen molar-refractivity contribution in [3.63, 3.8) is 0 Å². The second-order valence-corrected chi connectivity index (χ2v) is 3.10. The minimum absolute atomic E-state index is 0.0868. The first-order valence-corrected chi connectivity index (χ1v) is 3.34. The normalized spacial score (nSPS) is 39.0. The summed E-state index contributed by atoms with van der Waals surface area (Å²) in [4.78, 5) is 2.08. The molecule has 0 saturated carbocycles. The fourth-order valence-corrected chi connectivity index (χ4v) is 1.33. The van der Waals surface area contributed by atoms with Crippen molar-refractivity contribution in [3.05, 3.63) is 5.21 Å². The Balaban J connectivity index is 2.41. The summed E-state index contributed by atoms with van der Waals surface area (Å²) in [7, 11) is 3.73. The molecule has 0 aliphatic carbocycles. The second kappa shape index (κ2) is 2.25. The molecule has 1 heterocycles. The van der Waals surface area contributed by atoms with Gasteiger partial charge in [0, 0.05) is 13.0 Å². The fourth-order valence-electron chi connectivity index (χ4n) is 1.33. The molecule has 9 heavy (non-hydrogen) atoms. The third-order valence-electron chi connectivity index (χ3n) is 1.71. The highest BCUT2D eigenvalue weighted by Crippen LogP contribution is 2.08. The van der Waals surface area contributed by atoms with Gasteiger partial charge >= 0.3 is 0 Å². The van der Waals surface area contributed by atoms with Crippen molar-refractivity contribution >= 4 is 0 Å². The molecule has 1 rings (SSSR count). The lowest BCUT2D eigenvalue weighted by molar-refractivity contribution is -0.877. The lowest BCUT2D eigenvalue weighted by Crippen LogP contribution is -2.51. The predicted molar refractivity (Wildman–Crippen MR) is 36.5 cm³/mol. The molecule has 1 fully saturated rings. The zero-order valence-electron chi connectivity index (χ0n) is 6.13. The van der Waals surface area contributed by atoms with Crippen LogP contribution in [0, 0.1) is 5.21 Å². The first-order valence-electron chi connectivity index (χ1n) is 3.34. The molecule has 0 radical (unpaired) electrons. The van der Waals surface area contributed by atoms with E-state index in [9.17, 15) is 5.21 Å². The highest BCUT2D eigenvalue weighted by atomic mass is 16.5. The molecule has 1 saturated heterocycles. The molecule has 3 heteroatoms. The summed E-state index contributed by atoms with van der Waals surface area (Å²) in [5.74, 6) is 0. The quantitative estimate of drug-likeness (QED) is 0.346. The Hall–Kier alpha value is -0.120. The van der Waals surface area contributed by atoms with E-state index >= 15 is 0 Å². The molecule has 0 aromatic heterocycles. The van der Waals surface area contributed by atoms with Crippen molar-refractivity contribution in [1.29, 1.82) is 0 Å². The van der Waals surface area contributed by atoms with Crippen LogP contribution in [-0.4, -0.2) is 43.4 Å². The Labute approximate surface area is 56.0 Å². The van der Waals surface area contributed by atoms with Crippen LogP contribution in [0.4, 0.5) is 0 Å². The maximum atomic E-state index is 11.2. The molecule has 0 aromatic carbocycles. The molecule has 3 nitrogen and oxygen atoms in total. The predicted octanol–water partition coefficient (Wildman–Crippen LogP) is 0.224. The van der Waals surface area contributed by atoms with Gasteiger partial charge in [0.15, 0.2) is 0 Å². The Morgan fingerprint density at radius 1 is 1.56 bits per heavy atom. The van der Waals surface area contributed by atoms with Crippen LogP contribution >= 0.6 is 0 Å². The van der Waals surface area contributed by atoms with E-state index in [1.807, 2.05) is 7.05 Å². The maximum Gasteiger partial charge on any atom is 0.134 e. The second-order valence-electron chi connectivity index (χ2n) is 3.10. The molecule has 1 unspecified atom stereocenters. The van der Waals surface area contributed by atoms with Crippen molar-refractivity contribution in [1.82, 2.24) is 4.90 Å². The van der Waals surface area contributed by atoms with Crippen LogP contribution in [0.3, 0.4) is 0 Å². The number of nitrogens with zero attached hydrogens (tertiary/aromatic N) is 2. The van der Waals surface area contributed by atoms with Gasteiger partial charge in [0.25, 0.3) is 0 Å². The molecule has 1 aliphatic heterocycles. The van der Waals surface area contributed by atoms with E-state index < -0.39 is 0 Å². The summed E-state index contributed by atoms with van der Waals surface area (Å²) < 4.78 is -0.0868. The lowest BCUT2D eigenvalue weighted by atomic mass is 10.3. The molecular weight excluding hydrogens is 116 g/mol. The number of rotatable bonds is 0. The van der Waals surface area contributed by atoms with Crippen LogP contribution in [0.2, 0.25) is 0 Å². The van der Waals surface area contributed by atoms with E-state index in [0.29, 0.717) is 6.67 Å². The average Bonchev–Trinajstić information content (AvgIpc) is 1.60. The summed E-state index contributed by atoms with van der Waals surface area (Å²) in [5, 5.41) is 11.2. The lowest BCUT2D eigenvalue weighted by Gasteiger charge is -2.44. The highest BCUT2D eigenvalue weighted by Gasteiger charge is 2.18. The van der Waals surface area contributed by atoms with E-state index in [2.05, 4.69) is 4.90 Å². The van der Waals surface area contributed by atoms with Gasteiger partial charge in [-0.25, -0.2) is 0 Å². The molecule has 0 spiro atoms. The average molecular weight is 130 g/mol. The first-order chi connectivity index (χ1) is 4.10. The highest BCUT2D eigenvalue weighted by molar-refractivity contribution is 4.53. The van der Waals surface area contributed by atoms with E-state index in [1.54, 1.807) is 7.05 Å². The van der Waals surface area contributed by atoms with Crippen LogP contribution in [0.25, 0.3) is 0 Å². The molecule has 54 valence electrons. The zero-order chi connectivity index (χ0) is 6.91. The maximum absolute atomic E-state index is 11.2. The van der Waals surface area contributed by atoms with Crippen LogP contribution < -0.4 is 0 Å². The molecule has 0 bridgehead atoms.